The summed E-state index contributed by atoms with van der Waals surface area (Å²) in [5.74, 6) is 1.40. The van der Waals surface area contributed by atoms with Crippen LogP contribution >= 0.6 is 0 Å². The molecule has 0 saturated heterocycles. The molecule has 1 aromatic carbocycles. The zero-order chi connectivity index (χ0) is 15.7. The van der Waals surface area contributed by atoms with Crippen LogP contribution in [-0.4, -0.2) is 26.4 Å². The molecule has 0 heterocycles. The smallest absolute Gasteiger partial charge is 0.119 e. The topological polar surface area (TPSA) is 30.5 Å². The van der Waals surface area contributed by atoms with Gasteiger partial charge in [0.1, 0.15) is 5.75 Å². The molecule has 0 aliphatic rings. The van der Waals surface area contributed by atoms with Crippen LogP contribution in [0, 0.1) is 5.92 Å². The molecule has 2 unspecified atom stereocenters. The van der Waals surface area contributed by atoms with Crippen LogP contribution < -0.4 is 10.1 Å². The van der Waals surface area contributed by atoms with Gasteiger partial charge in [0.2, 0.25) is 0 Å². The van der Waals surface area contributed by atoms with Crippen molar-refractivity contribution >= 4 is 0 Å². The van der Waals surface area contributed by atoms with Crippen molar-refractivity contribution in [3.05, 3.63) is 29.8 Å². The highest BCUT2D eigenvalue weighted by molar-refractivity contribution is 5.30. The van der Waals surface area contributed by atoms with E-state index in [1.165, 1.54) is 5.56 Å². The lowest BCUT2D eigenvalue weighted by molar-refractivity contribution is 0.0326. The maximum Gasteiger partial charge on any atom is 0.119 e. The lowest BCUT2D eigenvalue weighted by Gasteiger charge is -2.30. The van der Waals surface area contributed by atoms with Crippen molar-refractivity contribution in [3.8, 4) is 5.75 Å². The fraction of sp³-hybridized carbons (Fsp3) is 0.667. The largest absolute Gasteiger partial charge is 0.494 e. The Morgan fingerprint density at radius 3 is 2.19 bits per heavy atom. The summed E-state index contributed by atoms with van der Waals surface area (Å²) in [6.07, 6.45) is 2.31. The van der Waals surface area contributed by atoms with Crippen molar-refractivity contribution in [3.63, 3.8) is 0 Å². The molecule has 3 nitrogen and oxygen atoms in total. The SMILES string of the molecule is CCCNC(c1ccc(OCCC)cc1)C(OC)C(C)C. The Bertz CT molecular complexity index is 375. The molecule has 0 spiro atoms. The average molecular weight is 293 g/mol. The van der Waals surface area contributed by atoms with E-state index in [0.717, 1.165) is 31.7 Å². The number of ether oxygens (including phenoxy) is 2. The van der Waals surface area contributed by atoms with Crippen LogP contribution in [0.15, 0.2) is 24.3 Å². The van der Waals surface area contributed by atoms with E-state index in [9.17, 15) is 0 Å². The quantitative estimate of drug-likeness (QED) is 0.702. The van der Waals surface area contributed by atoms with Gasteiger partial charge in [0, 0.05) is 7.11 Å². The van der Waals surface area contributed by atoms with Crippen LogP contribution in [0.25, 0.3) is 0 Å². The van der Waals surface area contributed by atoms with E-state index >= 15 is 0 Å². The van der Waals surface area contributed by atoms with Gasteiger partial charge in [-0.25, -0.2) is 0 Å². The second kappa shape index (κ2) is 9.80. The van der Waals surface area contributed by atoms with Crippen LogP contribution in [0.1, 0.15) is 52.1 Å². The van der Waals surface area contributed by atoms with E-state index in [-0.39, 0.29) is 12.1 Å². The molecule has 0 radical (unpaired) electrons. The highest BCUT2D eigenvalue weighted by Crippen LogP contribution is 2.26. The molecule has 0 aliphatic heterocycles. The maximum atomic E-state index is 5.73. The van der Waals surface area contributed by atoms with Gasteiger partial charge in [-0.2, -0.15) is 0 Å². The molecule has 0 amide bonds. The maximum absolute atomic E-state index is 5.73. The summed E-state index contributed by atoms with van der Waals surface area (Å²) in [5.41, 5.74) is 1.26. The molecule has 3 heteroatoms. The predicted molar refractivity (Wildman–Crippen MR) is 88.9 cm³/mol. The van der Waals surface area contributed by atoms with E-state index in [0.29, 0.717) is 5.92 Å². The first-order chi connectivity index (χ1) is 10.1. The van der Waals surface area contributed by atoms with Crippen LogP contribution in [0.3, 0.4) is 0 Å². The minimum atomic E-state index is 0.166. The van der Waals surface area contributed by atoms with E-state index in [1.54, 1.807) is 7.11 Å². The highest BCUT2D eigenvalue weighted by Gasteiger charge is 2.25. The normalized spacial score (nSPS) is 14.2. The van der Waals surface area contributed by atoms with E-state index in [4.69, 9.17) is 9.47 Å². The van der Waals surface area contributed by atoms with E-state index in [2.05, 4.69) is 57.3 Å². The number of hydrogen-bond donors (Lipinski definition) is 1. The molecule has 2 atom stereocenters. The molecule has 1 N–H and O–H groups in total. The average Bonchev–Trinajstić information content (AvgIpc) is 2.49. The number of hydrogen-bond acceptors (Lipinski definition) is 3. The molecule has 0 fully saturated rings. The van der Waals surface area contributed by atoms with Gasteiger partial charge in [-0.05, 0) is 43.0 Å². The molecular formula is C18H31NO2. The lowest BCUT2D eigenvalue weighted by Crippen LogP contribution is -2.37. The summed E-state index contributed by atoms with van der Waals surface area (Å²) in [6.45, 7) is 10.5. The fourth-order valence-corrected chi connectivity index (χ4v) is 2.51. The molecule has 0 bridgehead atoms. The Morgan fingerprint density at radius 1 is 1.05 bits per heavy atom. The van der Waals surface area contributed by atoms with Gasteiger partial charge in [0.25, 0.3) is 0 Å². The minimum Gasteiger partial charge on any atom is -0.494 e. The molecule has 0 saturated carbocycles. The van der Waals surface area contributed by atoms with Crippen LogP contribution in [-0.2, 0) is 4.74 Å². The third-order valence-corrected chi connectivity index (χ3v) is 3.58. The Labute approximate surface area is 130 Å². The molecule has 1 rings (SSSR count). The summed E-state index contributed by atoms with van der Waals surface area (Å²) >= 11 is 0. The van der Waals surface area contributed by atoms with E-state index < -0.39 is 0 Å². The zero-order valence-electron chi connectivity index (χ0n) is 14.2. The lowest BCUT2D eigenvalue weighted by atomic mass is 9.93. The first kappa shape index (κ1) is 18.0. The number of nitrogens with one attached hydrogen (secondary N) is 1. The van der Waals surface area contributed by atoms with Crippen molar-refractivity contribution in [1.82, 2.24) is 5.32 Å². The summed E-state index contributed by atoms with van der Waals surface area (Å²) in [4.78, 5) is 0. The molecule has 1 aromatic rings. The molecule has 0 aliphatic carbocycles. The third-order valence-electron chi connectivity index (χ3n) is 3.58. The number of benzene rings is 1. The predicted octanol–water partition coefficient (Wildman–Crippen LogP) is 4.19. The van der Waals surface area contributed by atoms with Crippen molar-refractivity contribution < 1.29 is 9.47 Å². The fourth-order valence-electron chi connectivity index (χ4n) is 2.51. The van der Waals surface area contributed by atoms with Crippen LogP contribution in [0.4, 0.5) is 0 Å². The van der Waals surface area contributed by atoms with Gasteiger partial charge in [0.15, 0.2) is 0 Å². The first-order valence-corrected chi connectivity index (χ1v) is 8.12. The Hall–Kier alpha value is -1.06. The van der Waals surface area contributed by atoms with Gasteiger partial charge in [0.05, 0.1) is 18.8 Å². The standard InChI is InChI=1S/C18H31NO2/c1-6-12-19-17(18(20-5)14(3)4)15-8-10-16(11-9-15)21-13-7-2/h8-11,14,17-19H,6-7,12-13H2,1-5H3. The van der Waals surface area contributed by atoms with Crippen molar-refractivity contribution in [1.29, 1.82) is 0 Å². The summed E-state index contributed by atoms with van der Waals surface area (Å²) in [6, 6.07) is 8.62. The van der Waals surface area contributed by atoms with Gasteiger partial charge < -0.3 is 14.8 Å². The van der Waals surface area contributed by atoms with E-state index in [1.807, 2.05) is 0 Å². The molecular weight excluding hydrogens is 262 g/mol. The Balaban J connectivity index is 2.86. The van der Waals surface area contributed by atoms with Crippen LogP contribution in [0.5, 0.6) is 5.75 Å². The molecule has 21 heavy (non-hydrogen) atoms. The number of methoxy groups -OCH3 is 1. The Kier molecular flexibility index (Phi) is 8.40. The van der Waals surface area contributed by atoms with Crippen molar-refractivity contribution in [2.24, 2.45) is 5.92 Å². The van der Waals surface area contributed by atoms with Crippen molar-refractivity contribution in [2.45, 2.75) is 52.7 Å². The molecule has 120 valence electrons. The first-order valence-electron chi connectivity index (χ1n) is 8.12. The monoisotopic (exact) mass is 293 g/mol. The van der Waals surface area contributed by atoms with Gasteiger partial charge in [-0.15, -0.1) is 0 Å². The second-order valence-corrected chi connectivity index (χ2v) is 5.79. The minimum absolute atomic E-state index is 0.166. The molecule has 0 aromatic heterocycles. The zero-order valence-corrected chi connectivity index (χ0v) is 14.2. The Morgan fingerprint density at radius 2 is 1.71 bits per heavy atom. The van der Waals surface area contributed by atoms with Gasteiger partial charge in [-0.1, -0.05) is 39.8 Å². The summed E-state index contributed by atoms with van der Waals surface area (Å²) in [5, 5.41) is 3.61. The van der Waals surface area contributed by atoms with Crippen molar-refractivity contribution in [2.75, 3.05) is 20.3 Å². The summed E-state index contributed by atoms with van der Waals surface area (Å²) in [7, 11) is 1.80. The second-order valence-electron chi connectivity index (χ2n) is 5.79. The van der Waals surface area contributed by atoms with Gasteiger partial charge >= 0.3 is 0 Å². The summed E-state index contributed by atoms with van der Waals surface area (Å²) < 4.78 is 11.4. The van der Waals surface area contributed by atoms with Gasteiger partial charge in [-0.3, -0.25) is 0 Å². The highest BCUT2D eigenvalue weighted by atomic mass is 16.5. The van der Waals surface area contributed by atoms with Crippen LogP contribution in [0.2, 0.25) is 0 Å². The third kappa shape index (κ3) is 5.68. The number of rotatable bonds is 10.